The van der Waals surface area contributed by atoms with Gasteiger partial charge in [-0.05, 0) is 54.6 Å². The Hall–Kier alpha value is -3.79. The lowest BCUT2D eigenvalue weighted by molar-refractivity contribution is -0.143. The highest BCUT2D eigenvalue weighted by molar-refractivity contribution is 8.18. The van der Waals surface area contributed by atoms with Gasteiger partial charge < -0.3 is 36.4 Å². The third-order valence-corrected chi connectivity index (χ3v) is 13.5. The van der Waals surface area contributed by atoms with E-state index < -0.39 is 64.3 Å². The molecule has 2 saturated heterocycles. The highest BCUT2D eigenvalue weighted by Gasteiger charge is 2.52. The number of Topliss-reactive ketones (excluding diaryl/α,β-unsaturated/α-hetero) is 1. The Bertz CT molecular complexity index is 1520. The lowest BCUT2D eigenvalue weighted by atomic mass is 9.83. The van der Waals surface area contributed by atoms with Crippen molar-refractivity contribution in [3.8, 4) is 0 Å². The molecule has 4 rings (SSSR count). The topological polar surface area (TPSA) is 186 Å². The maximum atomic E-state index is 14.6. The van der Waals surface area contributed by atoms with Gasteiger partial charge in [-0.15, -0.1) is 23.5 Å². The molecule has 2 heterocycles. The van der Waals surface area contributed by atoms with E-state index in [1.165, 1.54) is 4.90 Å². The van der Waals surface area contributed by atoms with Crippen molar-refractivity contribution in [2.24, 2.45) is 11.8 Å². The van der Waals surface area contributed by atoms with Crippen LogP contribution in [0.4, 0.5) is 4.79 Å². The number of carbonyl (C=O) groups is 7. The number of hydrogen-bond donors (Lipinski definition) is 5. The highest BCUT2D eigenvalue weighted by atomic mass is 32.2. The second-order valence-electron chi connectivity index (χ2n) is 15.3. The second-order valence-corrected chi connectivity index (χ2v) is 18.5. The Labute approximate surface area is 333 Å². The van der Waals surface area contributed by atoms with Crippen molar-refractivity contribution in [2.75, 3.05) is 45.2 Å². The summed E-state index contributed by atoms with van der Waals surface area (Å²) in [6.07, 6.45) is 6.57. The van der Waals surface area contributed by atoms with Gasteiger partial charge >= 0.3 is 6.03 Å². The molecule has 2 aliphatic heterocycles. The van der Waals surface area contributed by atoms with Gasteiger partial charge in [0.05, 0.1) is 16.7 Å². The molecule has 304 valence electrons. The van der Waals surface area contributed by atoms with E-state index in [4.69, 9.17) is 0 Å². The van der Waals surface area contributed by atoms with Gasteiger partial charge in [0.25, 0.3) is 5.91 Å². The minimum atomic E-state index is -1.19. The molecular weight excluding hydrogens is 743 g/mol. The molecule has 1 aliphatic carbocycles. The predicted octanol–water partition coefficient (Wildman–Crippen LogP) is 2.97. The molecule has 14 nitrogen and oxygen atoms in total. The van der Waals surface area contributed by atoms with Crippen LogP contribution in [0.15, 0.2) is 30.3 Å². The van der Waals surface area contributed by atoms with Crippen molar-refractivity contribution in [1.29, 1.82) is 0 Å². The summed E-state index contributed by atoms with van der Waals surface area (Å²) >= 11 is 3.48. The van der Waals surface area contributed by atoms with Crippen LogP contribution in [0.3, 0.4) is 0 Å². The molecule has 16 heteroatoms. The number of carbonyl (C=O) groups excluding carboxylic acids is 7. The van der Waals surface area contributed by atoms with Crippen LogP contribution in [-0.2, 0) is 28.8 Å². The first-order chi connectivity index (χ1) is 26.2. The van der Waals surface area contributed by atoms with E-state index in [9.17, 15) is 33.6 Å². The highest BCUT2D eigenvalue weighted by Crippen LogP contribution is 2.50. The number of urea groups is 1. The van der Waals surface area contributed by atoms with Gasteiger partial charge in [0, 0.05) is 33.6 Å². The average molecular weight is 802 g/mol. The second kappa shape index (κ2) is 20.9. The molecule has 0 aromatic heterocycles. The first-order valence-electron chi connectivity index (χ1n) is 19.6. The van der Waals surface area contributed by atoms with Crippen LogP contribution in [0, 0.1) is 11.8 Å². The Morgan fingerprint density at radius 3 is 2.18 bits per heavy atom. The molecule has 1 aromatic carbocycles. The van der Waals surface area contributed by atoms with Gasteiger partial charge in [0.15, 0.2) is 0 Å². The molecule has 0 bridgehead atoms. The monoisotopic (exact) mass is 801 g/mol. The summed E-state index contributed by atoms with van der Waals surface area (Å²) in [6, 6.07) is 4.36. The first kappa shape index (κ1) is 43.9. The number of thioether (sulfide) groups is 2. The summed E-state index contributed by atoms with van der Waals surface area (Å²) in [7, 11) is 3.14. The van der Waals surface area contributed by atoms with E-state index in [0.29, 0.717) is 31.5 Å². The Morgan fingerprint density at radius 1 is 0.891 bits per heavy atom. The fraction of sp³-hybridized carbons (Fsp3) is 0.667. The fourth-order valence-electron chi connectivity index (χ4n) is 7.28. The Kier molecular flexibility index (Phi) is 16.7. The molecule has 7 amide bonds. The van der Waals surface area contributed by atoms with Crippen LogP contribution >= 0.6 is 23.5 Å². The van der Waals surface area contributed by atoms with E-state index >= 15 is 0 Å². The van der Waals surface area contributed by atoms with Gasteiger partial charge in [0.1, 0.15) is 18.1 Å². The number of nitrogens with zero attached hydrogens (tertiary/aromatic N) is 2. The minimum absolute atomic E-state index is 0.0720. The summed E-state index contributed by atoms with van der Waals surface area (Å²) in [4.78, 5) is 97.3. The number of nitrogens with one attached hydrogen (secondary N) is 5. The lowest BCUT2D eigenvalue weighted by Crippen LogP contribution is -2.59. The van der Waals surface area contributed by atoms with Gasteiger partial charge in [0.2, 0.25) is 29.4 Å². The zero-order chi connectivity index (χ0) is 40.1. The summed E-state index contributed by atoms with van der Waals surface area (Å²) in [5.41, 5.74) is 0.559. The molecule has 3 fully saturated rings. The molecule has 1 saturated carbocycles. The van der Waals surface area contributed by atoms with Gasteiger partial charge in [-0.3, -0.25) is 28.8 Å². The van der Waals surface area contributed by atoms with E-state index in [-0.39, 0.29) is 30.1 Å². The fourth-order valence-corrected chi connectivity index (χ4v) is 10.6. The lowest BCUT2D eigenvalue weighted by Gasteiger charge is -2.35. The van der Waals surface area contributed by atoms with Crippen molar-refractivity contribution < 1.29 is 33.6 Å². The van der Waals surface area contributed by atoms with Gasteiger partial charge in [-0.1, -0.05) is 76.8 Å². The normalized spacial score (nSPS) is 19.8. The Morgan fingerprint density at radius 2 is 1.56 bits per heavy atom. The molecule has 3 aliphatic rings. The summed E-state index contributed by atoms with van der Waals surface area (Å²) < 4.78 is -0.409. The number of likely N-dealkylation sites (N-methyl/N-ethyl adjacent to an activating group) is 1. The zero-order valence-electron chi connectivity index (χ0n) is 32.8. The maximum absolute atomic E-state index is 14.6. The van der Waals surface area contributed by atoms with Gasteiger partial charge in [-0.2, -0.15) is 0 Å². The number of hydrogen-bond acceptors (Lipinski definition) is 9. The number of benzene rings is 1. The third-order valence-electron chi connectivity index (χ3n) is 10.2. The summed E-state index contributed by atoms with van der Waals surface area (Å²) in [6.45, 7) is 6.02. The molecule has 0 radical (unpaired) electrons. The van der Waals surface area contributed by atoms with Crippen molar-refractivity contribution in [3.05, 3.63) is 35.9 Å². The molecule has 4 atom stereocenters. The van der Waals surface area contributed by atoms with E-state index in [1.54, 1.807) is 72.9 Å². The van der Waals surface area contributed by atoms with E-state index in [2.05, 4.69) is 26.6 Å². The van der Waals surface area contributed by atoms with Crippen molar-refractivity contribution in [2.45, 2.75) is 107 Å². The Balaban J connectivity index is 1.47. The van der Waals surface area contributed by atoms with E-state index in [1.807, 2.05) is 20.8 Å². The number of likely N-dealkylation sites (tertiary alicyclic amines) is 1. The molecule has 1 spiro atoms. The SMILES string of the molecule is CCCC(NC(=O)[C@@H]1CC2(CN1C(=O)C(NC(=O)NCC(C)C)C1CCCCC1)SCCCS2)C(=O)C(=O)NCC(=O)NC(C(=O)N(C)C)c1ccccc1. The molecular formula is C39H59N7O7S2. The van der Waals surface area contributed by atoms with Crippen LogP contribution in [0.25, 0.3) is 0 Å². The molecule has 55 heavy (non-hydrogen) atoms. The summed E-state index contributed by atoms with van der Waals surface area (Å²) in [5, 5.41) is 13.6. The average Bonchev–Trinajstić information content (AvgIpc) is 3.55. The van der Waals surface area contributed by atoms with Gasteiger partial charge in [-0.25, -0.2) is 4.79 Å². The van der Waals surface area contributed by atoms with Crippen LogP contribution in [0.1, 0.15) is 90.2 Å². The number of amides is 7. The standard InChI is InChI=1S/C39H59N7O7S2/c1-6-14-28(33(48)35(50)40-23-30(47)43-31(36(51)45(4)5)26-15-9-7-10-16-26)42-34(49)29-21-39(54-19-13-20-55-39)24-46(29)37(52)32(27-17-11-8-12-18-27)44-38(53)41-22-25(2)3/h7,9-10,15-16,25,27-29,31-32H,6,8,11-14,17-24H2,1-5H3,(H,40,50)(H,42,49)(H,43,47)(H2,41,44,53)/t28?,29-,31?,32?/m0/s1. The van der Waals surface area contributed by atoms with Crippen LogP contribution in [-0.4, -0.2) is 119 Å². The van der Waals surface area contributed by atoms with Crippen LogP contribution in [0.2, 0.25) is 0 Å². The van der Waals surface area contributed by atoms with Crippen molar-refractivity contribution in [1.82, 2.24) is 36.4 Å². The maximum Gasteiger partial charge on any atom is 0.315 e. The molecule has 3 unspecified atom stereocenters. The predicted molar refractivity (Wildman–Crippen MR) is 215 cm³/mol. The van der Waals surface area contributed by atoms with Crippen LogP contribution < -0.4 is 26.6 Å². The molecule has 1 aromatic rings. The summed E-state index contributed by atoms with van der Waals surface area (Å²) in [5.74, 6) is -1.90. The quantitative estimate of drug-likeness (QED) is 0.157. The largest absolute Gasteiger partial charge is 0.347 e. The first-order valence-corrected chi connectivity index (χ1v) is 21.5. The minimum Gasteiger partial charge on any atom is -0.347 e. The number of rotatable bonds is 16. The van der Waals surface area contributed by atoms with Crippen LogP contribution in [0.5, 0.6) is 0 Å². The van der Waals surface area contributed by atoms with E-state index in [0.717, 1.165) is 50.0 Å². The smallest absolute Gasteiger partial charge is 0.315 e. The van der Waals surface area contributed by atoms with Crippen molar-refractivity contribution >= 4 is 64.9 Å². The number of ketones is 1. The zero-order valence-corrected chi connectivity index (χ0v) is 34.5. The molecule has 5 N–H and O–H groups in total. The third kappa shape index (κ3) is 12.3. The van der Waals surface area contributed by atoms with Crippen molar-refractivity contribution in [3.63, 3.8) is 0 Å².